The van der Waals surface area contributed by atoms with E-state index in [0.29, 0.717) is 10.9 Å². The molecule has 0 aliphatic rings. The number of rotatable bonds is 6. The maximum atomic E-state index is 12.9. The first-order chi connectivity index (χ1) is 12.0. The highest BCUT2D eigenvalue weighted by Gasteiger charge is 2.30. The summed E-state index contributed by atoms with van der Waals surface area (Å²) in [4.78, 5) is 8.45. The first-order valence-electron chi connectivity index (χ1n) is 8.26. The standard InChI is InChI=1S/C19H19F3N2S/c1-2-3-4-9-25-18-12-23-8-7-15(18)17-11-13-10-14(19(20,21)22)5-6-16(13)24-17/h5-8,10-12,24H,2-4,9H2,1H3. The number of aromatic nitrogens is 2. The predicted molar refractivity (Wildman–Crippen MR) is 96.8 cm³/mol. The van der Waals surface area contributed by atoms with E-state index in [1.165, 1.54) is 25.0 Å². The van der Waals surface area contributed by atoms with E-state index in [1.54, 1.807) is 24.0 Å². The molecule has 25 heavy (non-hydrogen) atoms. The fourth-order valence-corrected chi connectivity index (χ4v) is 3.74. The van der Waals surface area contributed by atoms with Crippen LogP contribution < -0.4 is 0 Å². The van der Waals surface area contributed by atoms with Crippen molar-refractivity contribution in [3.63, 3.8) is 0 Å². The lowest BCUT2D eigenvalue weighted by molar-refractivity contribution is -0.137. The first-order valence-corrected chi connectivity index (χ1v) is 9.24. The van der Waals surface area contributed by atoms with Gasteiger partial charge in [0.15, 0.2) is 0 Å². The quantitative estimate of drug-likeness (QED) is 0.398. The van der Waals surface area contributed by atoms with E-state index in [1.807, 2.05) is 12.3 Å². The summed E-state index contributed by atoms with van der Waals surface area (Å²) in [5.74, 6) is 1.00. The minimum atomic E-state index is -4.33. The third-order valence-corrected chi connectivity index (χ3v) is 5.16. The molecule has 0 fully saturated rings. The number of pyridine rings is 1. The van der Waals surface area contributed by atoms with Crippen LogP contribution in [0.1, 0.15) is 31.7 Å². The fourth-order valence-electron chi connectivity index (χ4n) is 2.71. The Morgan fingerprint density at radius 1 is 1.12 bits per heavy atom. The zero-order valence-corrected chi connectivity index (χ0v) is 14.7. The van der Waals surface area contributed by atoms with Gasteiger partial charge in [-0.3, -0.25) is 4.98 Å². The Bertz CT molecular complexity index is 855. The molecule has 3 aromatic rings. The highest BCUT2D eigenvalue weighted by atomic mass is 32.2. The number of hydrogen-bond donors (Lipinski definition) is 1. The molecule has 1 aromatic carbocycles. The van der Waals surface area contributed by atoms with Crippen molar-refractivity contribution in [2.75, 3.05) is 5.75 Å². The second-order valence-electron chi connectivity index (χ2n) is 5.91. The number of thioether (sulfide) groups is 1. The monoisotopic (exact) mass is 364 g/mol. The Morgan fingerprint density at radius 3 is 2.72 bits per heavy atom. The lowest BCUT2D eigenvalue weighted by atomic mass is 10.1. The SMILES string of the molecule is CCCCCSc1cnccc1-c1cc2cc(C(F)(F)F)ccc2[nH]1. The largest absolute Gasteiger partial charge is 0.416 e. The highest BCUT2D eigenvalue weighted by molar-refractivity contribution is 7.99. The van der Waals surface area contributed by atoms with E-state index in [2.05, 4.69) is 16.9 Å². The van der Waals surface area contributed by atoms with Crippen LogP contribution >= 0.6 is 11.8 Å². The van der Waals surface area contributed by atoms with Gasteiger partial charge in [-0.1, -0.05) is 19.8 Å². The van der Waals surface area contributed by atoms with Gasteiger partial charge in [0, 0.05) is 39.4 Å². The number of benzene rings is 1. The number of nitrogens with zero attached hydrogens (tertiary/aromatic N) is 1. The van der Waals surface area contributed by atoms with Crippen LogP contribution in [0, 0.1) is 0 Å². The van der Waals surface area contributed by atoms with Crippen LogP contribution in [0.4, 0.5) is 13.2 Å². The number of H-pyrrole nitrogens is 1. The molecule has 0 saturated carbocycles. The molecule has 0 saturated heterocycles. The smallest absolute Gasteiger partial charge is 0.354 e. The molecule has 0 spiro atoms. The summed E-state index contributed by atoms with van der Waals surface area (Å²) in [6.07, 6.45) is 2.69. The Labute approximate surface area is 148 Å². The van der Waals surface area contributed by atoms with Gasteiger partial charge in [-0.25, -0.2) is 0 Å². The van der Waals surface area contributed by atoms with Crippen molar-refractivity contribution in [3.8, 4) is 11.3 Å². The number of aromatic amines is 1. The molecule has 2 heterocycles. The fraction of sp³-hybridized carbons (Fsp3) is 0.316. The molecule has 0 aliphatic carbocycles. The van der Waals surface area contributed by atoms with Crippen LogP contribution in [0.5, 0.6) is 0 Å². The zero-order valence-electron chi connectivity index (χ0n) is 13.9. The molecule has 0 radical (unpaired) electrons. The Kier molecular flexibility index (Phi) is 5.37. The number of hydrogen-bond acceptors (Lipinski definition) is 2. The number of alkyl halides is 3. The molecule has 0 atom stereocenters. The summed E-state index contributed by atoms with van der Waals surface area (Å²) in [5.41, 5.74) is 1.85. The second-order valence-corrected chi connectivity index (χ2v) is 7.05. The Hall–Kier alpha value is -1.95. The van der Waals surface area contributed by atoms with Gasteiger partial charge in [0.2, 0.25) is 0 Å². The predicted octanol–water partition coefficient (Wildman–Crippen LogP) is 6.53. The van der Waals surface area contributed by atoms with Crippen molar-refractivity contribution in [1.82, 2.24) is 9.97 Å². The molecule has 0 bridgehead atoms. The van der Waals surface area contributed by atoms with Gasteiger partial charge in [0.1, 0.15) is 0 Å². The van der Waals surface area contributed by atoms with Crippen molar-refractivity contribution < 1.29 is 13.2 Å². The van der Waals surface area contributed by atoms with Crippen molar-refractivity contribution in [3.05, 3.63) is 48.3 Å². The second kappa shape index (κ2) is 7.52. The van der Waals surface area contributed by atoms with E-state index in [9.17, 15) is 13.2 Å². The van der Waals surface area contributed by atoms with E-state index in [0.717, 1.165) is 34.4 Å². The summed E-state index contributed by atoms with van der Waals surface area (Å²) < 4.78 is 38.7. The van der Waals surface area contributed by atoms with Crippen molar-refractivity contribution >= 4 is 22.7 Å². The van der Waals surface area contributed by atoms with Crippen molar-refractivity contribution in [1.29, 1.82) is 0 Å². The van der Waals surface area contributed by atoms with Gasteiger partial charge in [-0.15, -0.1) is 11.8 Å². The molecular weight excluding hydrogens is 345 g/mol. The summed E-state index contributed by atoms with van der Waals surface area (Å²) in [5, 5.41) is 0.559. The summed E-state index contributed by atoms with van der Waals surface area (Å²) in [6, 6.07) is 7.45. The zero-order chi connectivity index (χ0) is 17.9. The van der Waals surface area contributed by atoms with E-state index in [4.69, 9.17) is 0 Å². The normalized spacial score (nSPS) is 12.0. The molecule has 132 valence electrons. The van der Waals surface area contributed by atoms with Gasteiger partial charge >= 0.3 is 6.18 Å². The van der Waals surface area contributed by atoms with Gasteiger partial charge in [0.25, 0.3) is 0 Å². The van der Waals surface area contributed by atoms with Crippen LogP contribution in [0.25, 0.3) is 22.2 Å². The summed E-state index contributed by atoms with van der Waals surface area (Å²) in [6.45, 7) is 2.17. The van der Waals surface area contributed by atoms with E-state index in [-0.39, 0.29) is 0 Å². The maximum Gasteiger partial charge on any atom is 0.416 e. The molecule has 2 aromatic heterocycles. The Morgan fingerprint density at radius 2 is 1.96 bits per heavy atom. The average molecular weight is 364 g/mol. The van der Waals surface area contributed by atoms with Gasteiger partial charge in [-0.05, 0) is 42.5 Å². The van der Waals surface area contributed by atoms with Gasteiger partial charge < -0.3 is 4.98 Å². The van der Waals surface area contributed by atoms with E-state index >= 15 is 0 Å². The average Bonchev–Trinajstić information content (AvgIpc) is 3.01. The van der Waals surface area contributed by atoms with Crippen LogP contribution in [0.3, 0.4) is 0 Å². The molecular formula is C19H19F3N2S. The van der Waals surface area contributed by atoms with Gasteiger partial charge in [0.05, 0.1) is 5.56 Å². The highest BCUT2D eigenvalue weighted by Crippen LogP contribution is 2.35. The molecule has 2 nitrogen and oxygen atoms in total. The summed E-state index contributed by atoms with van der Waals surface area (Å²) in [7, 11) is 0. The molecule has 3 rings (SSSR count). The number of fused-ring (bicyclic) bond motifs is 1. The third-order valence-electron chi connectivity index (χ3n) is 4.03. The lowest BCUT2D eigenvalue weighted by Gasteiger charge is -2.06. The summed E-state index contributed by atoms with van der Waals surface area (Å²) >= 11 is 1.74. The maximum absolute atomic E-state index is 12.9. The van der Waals surface area contributed by atoms with Crippen LogP contribution in [0.15, 0.2) is 47.6 Å². The van der Waals surface area contributed by atoms with Crippen LogP contribution in [0.2, 0.25) is 0 Å². The number of unbranched alkanes of at least 4 members (excludes halogenated alkanes) is 2. The Balaban J connectivity index is 1.91. The molecule has 6 heteroatoms. The molecule has 0 unspecified atom stereocenters. The van der Waals surface area contributed by atoms with Crippen molar-refractivity contribution in [2.24, 2.45) is 0 Å². The first kappa shape index (κ1) is 17.9. The topological polar surface area (TPSA) is 28.7 Å². The minimum Gasteiger partial charge on any atom is -0.354 e. The third kappa shape index (κ3) is 4.18. The van der Waals surface area contributed by atoms with E-state index < -0.39 is 11.7 Å². The molecule has 0 aliphatic heterocycles. The molecule has 1 N–H and O–H groups in total. The minimum absolute atomic E-state index is 0.559. The number of halogens is 3. The van der Waals surface area contributed by atoms with Crippen LogP contribution in [-0.4, -0.2) is 15.7 Å². The van der Waals surface area contributed by atoms with Gasteiger partial charge in [-0.2, -0.15) is 13.2 Å². The van der Waals surface area contributed by atoms with Crippen molar-refractivity contribution in [2.45, 2.75) is 37.3 Å². The molecule has 0 amide bonds. The lowest BCUT2D eigenvalue weighted by Crippen LogP contribution is -2.03. The number of nitrogens with one attached hydrogen (secondary N) is 1. The van der Waals surface area contributed by atoms with Crippen LogP contribution in [-0.2, 0) is 6.18 Å².